The molecule has 19 heavy (non-hydrogen) atoms. The van der Waals surface area contributed by atoms with Crippen LogP contribution in [0.3, 0.4) is 0 Å². The van der Waals surface area contributed by atoms with E-state index in [9.17, 15) is 14.9 Å². The predicted molar refractivity (Wildman–Crippen MR) is 72.7 cm³/mol. The van der Waals surface area contributed by atoms with Crippen molar-refractivity contribution in [2.24, 2.45) is 0 Å². The average Bonchev–Trinajstić information content (AvgIpc) is 2.83. The van der Waals surface area contributed by atoms with Gasteiger partial charge in [-0.2, -0.15) is 11.3 Å². The van der Waals surface area contributed by atoms with Crippen LogP contribution >= 0.6 is 22.9 Å². The van der Waals surface area contributed by atoms with E-state index in [2.05, 4.69) is 5.32 Å². The van der Waals surface area contributed by atoms with Gasteiger partial charge >= 0.3 is 5.97 Å². The van der Waals surface area contributed by atoms with Crippen molar-refractivity contribution in [1.29, 1.82) is 0 Å². The number of nitro groups is 1. The lowest BCUT2D eigenvalue weighted by Gasteiger charge is -2.10. The number of halogens is 1. The normalized spacial score (nSPS) is 10.2. The van der Waals surface area contributed by atoms with Gasteiger partial charge in [-0.05, 0) is 11.4 Å². The molecule has 2 rings (SSSR count). The Morgan fingerprint density at radius 2 is 2.21 bits per heavy atom. The van der Waals surface area contributed by atoms with Gasteiger partial charge in [-0.15, -0.1) is 0 Å². The molecule has 0 aliphatic heterocycles. The summed E-state index contributed by atoms with van der Waals surface area (Å²) in [7, 11) is 0. The summed E-state index contributed by atoms with van der Waals surface area (Å²) in [6.07, 6.45) is 0. The molecule has 1 aromatic heterocycles. The molecule has 98 valence electrons. The molecule has 0 aliphatic rings. The number of nitrogens with one attached hydrogen (secondary N) is 1. The number of thiophene rings is 1. The van der Waals surface area contributed by atoms with E-state index >= 15 is 0 Å². The van der Waals surface area contributed by atoms with Crippen molar-refractivity contribution in [2.75, 3.05) is 5.32 Å². The molecule has 0 radical (unpaired) electrons. The fourth-order valence-corrected chi connectivity index (χ4v) is 2.32. The Morgan fingerprint density at radius 3 is 2.74 bits per heavy atom. The molecule has 0 aliphatic carbocycles. The molecule has 6 nitrogen and oxygen atoms in total. The van der Waals surface area contributed by atoms with Crippen molar-refractivity contribution in [3.8, 4) is 0 Å². The Kier molecular flexibility index (Phi) is 3.68. The number of hydrogen-bond donors (Lipinski definition) is 2. The summed E-state index contributed by atoms with van der Waals surface area (Å²) in [4.78, 5) is 21.2. The average molecular weight is 299 g/mol. The van der Waals surface area contributed by atoms with Crippen molar-refractivity contribution in [3.63, 3.8) is 0 Å². The third kappa shape index (κ3) is 2.83. The maximum absolute atomic E-state index is 11.2. The highest BCUT2D eigenvalue weighted by molar-refractivity contribution is 7.08. The molecular formula is C11H7ClN2O4S. The number of non-ortho nitro benzene ring substituents is 1. The molecule has 0 saturated heterocycles. The minimum absolute atomic E-state index is 0.0159. The summed E-state index contributed by atoms with van der Waals surface area (Å²) in [5, 5.41) is 26.2. The highest BCUT2D eigenvalue weighted by atomic mass is 35.5. The Labute approximate surface area is 116 Å². The minimum atomic E-state index is -1.29. The van der Waals surface area contributed by atoms with Gasteiger partial charge in [0.15, 0.2) is 0 Å². The van der Waals surface area contributed by atoms with Crippen molar-refractivity contribution in [3.05, 3.63) is 49.7 Å². The second-order valence-corrected chi connectivity index (χ2v) is 4.74. The molecule has 2 aromatic rings. The molecular weight excluding hydrogens is 292 g/mol. The standard InChI is InChI=1S/C11H7ClN2O4S/c12-9-4-7(14(17)18)3-8(11(15)16)10(9)13-6-1-2-19-5-6/h1-5,13H,(H,15,16). The molecule has 0 fully saturated rings. The predicted octanol–water partition coefficient (Wildman–Crippen LogP) is 3.75. The number of carbonyl (C=O) groups is 1. The van der Waals surface area contributed by atoms with Gasteiger partial charge in [0.2, 0.25) is 0 Å². The van der Waals surface area contributed by atoms with E-state index in [1.807, 2.05) is 5.38 Å². The molecule has 8 heteroatoms. The van der Waals surface area contributed by atoms with Crippen LogP contribution in [0.4, 0.5) is 17.1 Å². The summed E-state index contributed by atoms with van der Waals surface area (Å²) in [5.74, 6) is -1.29. The third-order valence-electron chi connectivity index (χ3n) is 2.31. The highest BCUT2D eigenvalue weighted by Gasteiger charge is 2.20. The molecule has 0 saturated carbocycles. The van der Waals surface area contributed by atoms with E-state index in [1.54, 1.807) is 11.4 Å². The van der Waals surface area contributed by atoms with Crippen LogP contribution in [-0.4, -0.2) is 16.0 Å². The van der Waals surface area contributed by atoms with Crippen LogP contribution < -0.4 is 5.32 Å². The Bertz CT molecular complexity index is 642. The van der Waals surface area contributed by atoms with Crippen LogP contribution in [-0.2, 0) is 0 Å². The van der Waals surface area contributed by atoms with Crippen molar-refractivity contribution < 1.29 is 14.8 Å². The first-order valence-corrected chi connectivity index (χ1v) is 6.31. The van der Waals surface area contributed by atoms with Crippen LogP contribution in [0.5, 0.6) is 0 Å². The third-order valence-corrected chi connectivity index (χ3v) is 3.29. The molecule has 1 aromatic carbocycles. The van der Waals surface area contributed by atoms with Gasteiger partial charge in [0, 0.05) is 23.2 Å². The molecule has 2 N–H and O–H groups in total. The van der Waals surface area contributed by atoms with Crippen LogP contribution in [0.2, 0.25) is 5.02 Å². The zero-order valence-corrected chi connectivity index (χ0v) is 10.9. The lowest BCUT2D eigenvalue weighted by Crippen LogP contribution is -2.04. The fraction of sp³-hybridized carbons (Fsp3) is 0. The number of rotatable bonds is 4. The number of hydrogen-bond acceptors (Lipinski definition) is 5. The first-order valence-electron chi connectivity index (χ1n) is 4.99. The number of carboxylic acid groups (broad SMARTS) is 1. The Balaban J connectivity index is 2.52. The van der Waals surface area contributed by atoms with E-state index in [0.717, 1.165) is 12.1 Å². The van der Waals surface area contributed by atoms with Gasteiger partial charge < -0.3 is 10.4 Å². The zero-order valence-electron chi connectivity index (χ0n) is 9.29. The molecule has 0 atom stereocenters. The monoisotopic (exact) mass is 298 g/mol. The summed E-state index contributed by atoms with van der Waals surface area (Å²) >= 11 is 7.34. The van der Waals surface area contributed by atoms with E-state index < -0.39 is 10.9 Å². The van der Waals surface area contributed by atoms with E-state index in [-0.39, 0.29) is 22.0 Å². The fourth-order valence-electron chi connectivity index (χ4n) is 1.47. The van der Waals surface area contributed by atoms with Crippen molar-refractivity contribution in [1.82, 2.24) is 0 Å². The number of anilines is 2. The van der Waals surface area contributed by atoms with Crippen LogP contribution in [0, 0.1) is 10.1 Å². The van der Waals surface area contributed by atoms with Gasteiger partial charge in [0.25, 0.3) is 5.69 Å². The molecule has 0 amide bonds. The first kappa shape index (κ1) is 13.3. The largest absolute Gasteiger partial charge is 0.478 e. The summed E-state index contributed by atoms with van der Waals surface area (Å²) in [6.45, 7) is 0. The van der Waals surface area contributed by atoms with Gasteiger partial charge in [0.05, 0.1) is 21.2 Å². The van der Waals surface area contributed by atoms with Crippen LogP contribution in [0.25, 0.3) is 0 Å². The van der Waals surface area contributed by atoms with E-state index in [0.29, 0.717) is 5.69 Å². The van der Waals surface area contributed by atoms with E-state index in [4.69, 9.17) is 16.7 Å². The van der Waals surface area contributed by atoms with Gasteiger partial charge in [-0.3, -0.25) is 10.1 Å². The molecule has 1 heterocycles. The molecule has 0 spiro atoms. The minimum Gasteiger partial charge on any atom is -0.478 e. The number of carboxylic acids is 1. The van der Waals surface area contributed by atoms with Gasteiger partial charge in [-0.1, -0.05) is 11.6 Å². The Morgan fingerprint density at radius 1 is 1.47 bits per heavy atom. The SMILES string of the molecule is O=C(O)c1cc([N+](=O)[O-])cc(Cl)c1Nc1ccsc1. The number of nitrogens with zero attached hydrogens (tertiary/aromatic N) is 1. The van der Waals surface area contributed by atoms with Crippen LogP contribution in [0.1, 0.15) is 10.4 Å². The highest BCUT2D eigenvalue weighted by Crippen LogP contribution is 2.34. The number of nitro benzene ring substituents is 1. The zero-order chi connectivity index (χ0) is 14.0. The summed E-state index contributed by atoms with van der Waals surface area (Å²) in [6, 6.07) is 3.83. The van der Waals surface area contributed by atoms with Gasteiger partial charge in [0.1, 0.15) is 0 Å². The van der Waals surface area contributed by atoms with Crippen LogP contribution in [0.15, 0.2) is 29.0 Å². The second-order valence-electron chi connectivity index (χ2n) is 3.55. The lowest BCUT2D eigenvalue weighted by atomic mass is 10.1. The summed E-state index contributed by atoms with van der Waals surface area (Å²) in [5.41, 5.74) is 0.199. The smallest absolute Gasteiger partial charge is 0.338 e. The second kappa shape index (κ2) is 5.25. The van der Waals surface area contributed by atoms with E-state index in [1.165, 1.54) is 11.3 Å². The number of aromatic carboxylic acids is 1. The lowest BCUT2D eigenvalue weighted by molar-refractivity contribution is -0.384. The topological polar surface area (TPSA) is 92.5 Å². The summed E-state index contributed by atoms with van der Waals surface area (Å²) < 4.78 is 0. The first-order chi connectivity index (χ1) is 8.99. The molecule has 0 bridgehead atoms. The quantitative estimate of drug-likeness (QED) is 0.662. The Hall–Kier alpha value is -2.12. The number of benzene rings is 1. The van der Waals surface area contributed by atoms with Crippen molar-refractivity contribution >= 4 is 46.0 Å². The maximum Gasteiger partial charge on any atom is 0.338 e. The molecule has 0 unspecified atom stereocenters. The van der Waals surface area contributed by atoms with Gasteiger partial charge in [-0.25, -0.2) is 4.79 Å². The maximum atomic E-state index is 11.2. The van der Waals surface area contributed by atoms with Crippen molar-refractivity contribution in [2.45, 2.75) is 0 Å².